The largest absolute Gasteiger partial charge is 0.311 e. The fourth-order valence-corrected chi connectivity index (χ4v) is 2.83. The van der Waals surface area contributed by atoms with Crippen molar-refractivity contribution >= 4 is 0 Å². The smallest absolute Gasteiger partial charge is 0.0570 e. The summed E-state index contributed by atoms with van der Waals surface area (Å²) < 4.78 is 0. The van der Waals surface area contributed by atoms with Crippen molar-refractivity contribution < 1.29 is 0 Å². The van der Waals surface area contributed by atoms with Crippen LogP contribution in [0.2, 0.25) is 0 Å². The Morgan fingerprint density at radius 2 is 2.06 bits per heavy atom. The van der Waals surface area contributed by atoms with Gasteiger partial charge in [0.15, 0.2) is 0 Å². The zero-order valence-electron chi connectivity index (χ0n) is 11.8. The van der Waals surface area contributed by atoms with Gasteiger partial charge >= 0.3 is 0 Å². The molecule has 2 rings (SSSR count). The monoisotopic (exact) mass is 246 g/mol. The van der Waals surface area contributed by atoms with Gasteiger partial charge in [0.1, 0.15) is 0 Å². The van der Waals surface area contributed by atoms with E-state index in [-0.39, 0.29) is 0 Å². The average molecular weight is 246 g/mol. The van der Waals surface area contributed by atoms with Crippen molar-refractivity contribution in [3.8, 4) is 0 Å². The first-order chi connectivity index (χ1) is 8.75. The number of hydrogen-bond donors (Lipinski definition) is 1. The third-order valence-corrected chi connectivity index (χ3v) is 4.28. The number of hydrogen-bond acceptors (Lipinski definition) is 2. The molecule has 0 saturated heterocycles. The summed E-state index contributed by atoms with van der Waals surface area (Å²) in [6.45, 7) is 6.57. The van der Waals surface area contributed by atoms with Crippen LogP contribution in [0.15, 0.2) is 18.3 Å². The molecule has 1 aliphatic rings. The first-order valence-corrected chi connectivity index (χ1v) is 7.37. The van der Waals surface area contributed by atoms with Crippen molar-refractivity contribution in [1.82, 2.24) is 10.3 Å². The summed E-state index contributed by atoms with van der Waals surface area (Å²) in [7, 11) is 0. The molecule has 1 aromatic heterocycles. The molecular weight excluding hydrogens is 220 g/mol. The predicted octanol–water partition coefficient (Wildman–Crippen LogP) is 3.70. The molecule has 0 radical (unpaired) electrons. The van der Waals surface area contributed by atoms with Gasteiger partial charge in [-0.05, 0) is 43.4 Å². The first-order valence-electron chi connectivity index (χ1n) is 7.37. The maximum absolute atomic E-state index is 4.41. The van der Waals surface area contributed by atoms with E-state index in [9.17, 15) is 0 Å². The van der Waals surface area contributed by atoms with Gasteiger partial charge in [-0.15, -0.1) is 0 Å². The molecule has 1 aromatic rings. The number of nitrogens with zero attached hydrogens (tertiary/aromatic N) is 1. The van der Waals surface area contributed by atoms with E-state index >= 15 is 0 Å². The molecule has 0 aliphatic heterocycles. The summed E-state index contributed by atoms with van der Waals surface area (Å²) in [5, 5.41) is 3.54. The molecule has 1 heterocycles. The van der Waals surface area contributed by atoms with Crippen LogP contribution in [-0.2, 0) is 6.54 Å². The molecule has 1 N–H and O–H groups in total. The lowest BCUT2D eigenvalue weighted by Crippen LogP contribution is -2.21. The summed E-state index contributed by atoms with van der Waals surface area (Å²) in [5.41, 5.74) is 2.48. The normalized spacial score (nSPS) is 24.1. The van der Waals surface area contributed by atoms with Crippen LogP contribution in [0.25, 0.3) is 0 Å². The lowest BCUT2D eigenvalue weighted by molar-refractivity contribution is 0.275. The molecule has 100 valence electrons. The van der Waals surface area contributed by atoms with Gasteiger partial charge < -0.3 is 5.32 Å². The molecule has 0 atom stereocenters. The summed E-state index contributed by atoms with van der Waals surface area (Å²) in [4.78, 5) is 4.41. The van der Waals surface area contributed by atoms with Gasteiger partial charge in [-0.25, -0.2) is 0 Å². The van der Waals surface area contributed by atoms with E-state index in [1.807, 2.05) is 12.3 Å². The topological polar surface area (TPSA) is 24.9 Å². The van der Waals surface area contributed by atoms with Gasteiger partial charge in [0.2, 0.25) is 0 Å². The quantitative estimate of drug-likeness (QED) is 0.801. The van der Waals surface area contributed by atoms with Crippen LogP contribution < -0.4 is 5.32 Å². The van der Waals surface area contributed by atoms with Crippen LogP contribution >= 0.6 is 0 Å². The highest BCUT2D eigenvalue weighted by molar-refractivity contribution is 5.17. The highest BCUT2D eigenvalue weighted by Gasteiger charge is 2.17. The lowest BCUT2D eigenvalue weighted by Gasteiger charge is -2.26. The van der Waals surface area contributed by atoms with Crippen molar-refractivity contribution in [2.24, 2.45) is 11.8 Å². The van der Waals surface area contributed by atoms with Crippen molar-refractivity contribution in [3.63, 3.8) is 0 Å². The van der Waals surface area contributed by atoms with Crippen LogP contribution in [-0.4, -0.2) is 11.5 Å². The van der Waals surface area contributed by atoms with Crippen molar-refractivity contribution in [1.29, 1.82) is 0 Å². The summed E-state index contributed by atoms with van der Waals surface area (Å²) in [6.07, 6.45) is 8.95. The summed E-state index contributed by atoms with van der Waals surface area (Å²) in [6, 6.07) is 4.13. The number of rotatable bonds is 5. The van der Waals surface area contributed by atoms with Crippen LogP contribution in [0.5, 0.6) is 0 Å². The van der Waals surface area contributed by atoms with E-state index in [4.69, 9.17) is 0 Å². The van der Waals surface area contributed by atoms with E-state index in [2.05, 4.69) is 30.2 Å². The Labute approximate surface area is 111 Å². The minimum atomic E-state index is 0.912. The number of aromatic nitrogens is 1. The predicted molar refractivity (Wildman–Crippen MR) is 76.4 cm³/mol. The second-order valence-corrected chi connectivity index (χ2v) is 5.86. The Morgan fingerprint density at radius 3 is 2.78 bits per heavy atom. The Kier molecular flexibility index (Phi) is 5.18. The van der Waals surface area contributed by atoms with Crippen molar-refractivity contribution in [3.05, 3.63) is 29.6 Å². The Hall–Kier alpha value is -0.890. The van der Waals surface area contributed by atoms with Crippen LogP contribution in [0.1, 0.15) is 50.3 Å². The van der Waals surface area contributed by atoms with E-state index in [1.165, 1.54) is 43.4 Å². The zero-order chi connectivity index (χ0) is 12.8. The van der Waals surface area contributed by atoms with Gasteiger partial charge in [-0.1, -0.05) is 38.7 Å². The van der Waals surface area contributed by atoms with Gasteiger partial charge in [-0.2, -0.15) is 0 Å². The van der Waals surface area contributed by atoms with E-state index in [0.29, 0.717) is 0 Å². The van der Waals surface area contributed by atoms with Crippen molar-refractivity contribution in [2.45, 2.75) is 52.5 Å². The number of pyridine rings is 1. The molecule has 0 bridgehead atoms. The zero-order valence-corrected chi connectivity index (χ0v) is 11.8. The molecule has 0 unspecified atom stereocenters. The van der Waals surface area contributed by atoms with Gasteiger partial charge in [-0.3, -0.25) is 4.98 Å². The van der Waals surface area contributed by atoms with Crippen LogP contribution in [0.3, 0.4) is 0 Å². The maximum Gasteiger partial charge on any atom is 0.0570 e. The standard InChI is InChI=1S/C16H26N2/c1-13-5-7-15(8-6-13)9-11-17-12-16-14(2)4-3-10-18-16/h3-4,10,13,15,17H,5-9,11-12H2,1-2H3. The molecule has 2 heteroatoms. The first kappa shape index (κ1) is 13.5. The highest BCUT2D eigenvalue weighted by Crippen LogP contribution is 2.29. The van der Waals surface area contributed by atoms with Crippen LogP contribution in [0, 0.1) is 18.8 Å². The molecule has 1 aliphatic carbocycles. The summed E-state index contributed by atoms with van der Waals surface area (Å²) in [5.74, 6) is 1.92. The van der Waals surface area contributed by atoms with Crippen LogP contribution in [0.4, 0.5) is 0 Å². The minimum Gasteiger partial charge on any atom is -0.311 e. The number of nitrogens with one attached hydrogen (secondary N) is 1. The molecule has 0 spiro atoms. The van der Waals surface area contributed by atoms with E-state index in [0.717, 1.165) is 24.9 Å². The molecular formula is C16H26N2. The SMILES string of the molecule is Cc1cccnc1CNCCC1CCC(C)CC1. The average Bonchev–Trinajstić information content (AvgIpc) is 2.39. The molecule has 1 saturated carbocycles. The van der Waals surface area contributed by atoms with Gasteiger partial charge in [0, 0.05) is 12.7 Å². The minimum absolute atomic E-state index is 0.912. The highest BCUT2D eigenvalue weighted by atomic mass is 14.9. The fourth-order valence-electron chi connectivity index (χ4n) is 2.83. The second kappa shape index (κ2) is 6.89. The Balaban J connectivity index is 1.63. The number of aryl methyl sites for hydroxylation is 1. The molecule has 0 amide bonds. The molecule has 2 nitrogen and oxygen atoms in total. The lowest BCUT2D eigenvalue weighted by atomic mass is 9.81. The second-order valence-electron chi connectivity index (χ2n) is 5.86. The van der Waals surface area contributed by atoms with Gasteiger partial charge in [0.05, 0.1) is 5.69 Å². The maximum atomic E-state index is 4.41. The molecule has 18 heavy (non-hydrogen) atoms. The van der Waals surface area contributed by atoms with E-state index < -0.39 is 0 Å². The summed E-state index contributed by atoms with van der Waals surface area (Å²) >= 11 is 0. The Morgan fingerprint density at radius 1 is 1.28 bits per heavy atom. The van der Waals surface area contributed by atoms with Crippen molar-refractivity contribution in [2.75, 3.05) is 6.54 Å². The van der Waals surface area contributed by atoms with E-state index in [1.54, 1.807) is 0 Å². The third kappa shape index (κ3) is 4.09. The molecule has 1 fully saturated rings. The Bertz CT molecular complexity index is 354. The fraction of sp³-hybridized carbons (Fsp3) is 0.688. The van der Waals surface area contributed by atoms with Gasteiger partial charge in [0.25, 0.3) is 0 Å². The molecule has 0 aromatic carbocycles. The third-order valence-electron chi connectivity index (χ3n) is 4.28.